The van der Waals surface area contributed by atoms with Gasteiger partial charge in [0.15, 0.2) is 0 Å². The second-order valence-electron chi connectivity index (χ2n) is 8.33. The van der Waals surface area contributed by atoms with Gasteiger partial charge < -0.3 is 10.6 Å². The van der Waals surface area contributed by atoms with E-state index in [0.29, 0.717) is 18.3 Å². The lowest BCUT2D eigenvalue weighted by Crippen LogP contribution is -2.29. The van der Waals surface area contributed by atoms with E-state index in [2.05, 4.69) is 53.1 Å². The van der Waals surface area contributed by atoms with Crippen LogP contribution in [0, 0.1) is 5.92 Å². The zero-order valence-electron chi connectivity index (χ0n) is 17.2. The van der Waals surface area contributed by atoms with E-state index in [-0.39, 0.29) is 11.9 Å². The molecular formula is C27H25ClN2O. The van der Waals surface area contributed by atoms with Crippen LogP contribution in [-0.2, 0) is 11.2 Å². The summed E-state index contributed by atoms with van der Waals surface area (Å²) in [6.07, 6.45) is 6.79. The van der Waals surface area contributed by atoms with Crippen LogP contribution in [0.4, 0.5) is 11.4 Å². The smallest absolute Gasteiger partial charge is 0.224 e. The summed E-state index contributed by atoms with van der Waals surface area (Å²) >= 11 is 6.52. The van der Waals surface area contributed by atoms with Crippen LogP contribution >= 0.6 is 11.6 Å². The van der Waals surface area contributed by atoms with Crippen molar-refractivity contribution >= 4 is 28.9 Å². The molecule has 0 bridgehead atoms. The summed E-state index contributed by atoms with van der Waals surface area (Å²) in [7, 11) is 0. The minimum Gasteiger partial charge on any atom is -0.378 e. The average Bonchev–Trinajstić information content (AvgIpc) is 3.29. The lowest BCUT2D eigenvalue weighted by atomic mass is 9.77. The van der Waals surface area contributed by atoms with Crippen molar-refractivity contribution in [1.82, 2.24) is 0 Å². The predicted molar refractivity (Wildman–Crippen MR) is 128 cm³/mol. The van der Waals surface area contributed by atoms with Gasteiger partial charge in [0.1, 0.15) is 0 Å². The molecule has 1 aliphatic heterocycles. The number of benzene rings is 3. The molecule has 0 saturated carbocycles. The van der Waals surface area contributed by atoms with Gasteiger partial charge in [-0.2, -0.15) is 0 Å². The Morgan fingerprint density at radius 3 is 2.65 bits per heavy atom. The van der Waals surface area contributed by atoms with Crippen LogP contribution in [-0.4, -0.2) is 5.91 Å². The van der Waals surface area contributed by atoms with Crippen molar-refractivity contribution < 1.29 is 4.79 Å². The number of hydrogen-bond acceptors (Lipinski definition) is 2. The largest absolute Gasteiger partial charge is 0.378 e. The second-order valence-corrected chi connectivity index (χ2v) is 8.74. The molecule has 0 spiro atoms. The number of allylic oxidation sites excluding steroid dienone is 2. The van der Waals surface area contributed by atoms with Crippen molar-refractivity contribution in [2.45, 2.75) is 31.2 Å². The summed E-state index contributed by atoms with van der Waals surface area (Å²) in [5.41, 5.74) is 5.53. The fourth-order valence-corrected chi connectivity index (χ4v) is 5.09. The topological polar surface area (TPSA) is 41.1 Å². The van der Waals surface area contributed by atoms with Crippen molar-refractivity contribution in [3.05, 3.63) is 107 Å². The summed E-state index contributed by atoms with van der Waals surface area (Å²) in [5.74, 6) is 0.773. The molecule has 0 aromatic heterocycles. The number of hydrogen-bond donors (Lipinski definition) is 2. The van der Waals surface area contributed by atoms with E-state index in [1.165, 1.54) is 11.1 Å². The Morgan fingerprint density at radius 2 is 1.81 bits per heavy atom. The highest BCUT2D eigenvalue weighted by molar-refractivity contribution is 6.31. The van der Waals surface area contributed by atoms with E-state index in [1.54, 1.807) is 0 Å². The Labute approximate surface area is 188 Å². The van der Waals surface area contributed by atoms with E-state index in [1.807, 2.05) is 42.5 Å². The lowest BCUT2D eigenvalue weighted by Gasteiger charge is -2.38. The predicted octanol–water partition coefficient (Wildman–Crippen LogP) is 6.74. The number of halogens is 1. The van der Waals surface area contributed by atoms with Crippen LogP contribution in [0.2, 0.25) is 5.02 Å². The lowest BCUT2D eigenvalue weighted by molar-refractivity contribution is -0.116. The number of fused-ring (bicyclic) bond motifs is 3. The Kier molecular flexibility index (Phi) is 5.52. The molecule has 1 heterocycles. The molecule has 2 aliphatic rings. The molecule has 1 aliphatic carbocycles. The van der Waals surface area contributed by atoms with E-state index in [9.17, 15) is 4.79 Å². The van der Waals surface area contributed by atoms with Crippen LogP contribution in [0.15, 0.2) is 84.9 Å². The maximum Gasteiger partial charge on any atom is 0.224 e. The normalized spacial score (nSPS) is 21.1. The van der Waals surface area contributed by atoms with Gasteiger partial charge in [0.2, 0.25) is 5.91 Å². The van der Waals surface area contributed by atoms with Gasteiger partial charge in [-0.3, -0.25) is 4.79 Å². The number of amides is 1. The number of anilines is 2. The molecule has 5 rings (SSSR count). The molecule has 3 unspecified atom stereocenters. The molecule has 3 aromatic rings. The number of rotatable bonds is 5. The quantitative estimate of drug-likeness (QED) is 0.442. The minimum atomic E-state index is 0.0417. The molecule has 3 aromatic carbocycles. The Morgan fingerprint density at radius 1 is 1.00 bits per heavy atom. The first-order chi connectivity index (χ1) is 15.2. The van der Waals surface area contributed by atoms with Gasteiger partial charge in [0.25, 0.3) is 0 Å². The van der Waals surface area contributed by atoms with E-state index < -0.39 is 0 Å². The van der Waals surface area contributed by atoms with Crippen LogP contribution in [0.25, 0.3) is 0 Å². The molecular weight excluding hydrogens is 404 g/mol. The van der Waals surface area contributed by atoms with Crippen molar-refractivity contribution in [1.29, 1.82) is 0 Å². The van der Waals surface area contributed by atoms with E-state index in [0.717, 1.165) is 34.8 Å². The highest BCUT2D eigenvalue weighted by Crippen LogP contribution is 2.51. The first kappa shape index (κ1) is 19.9. The van der Waals surface area contributed by atoms with Gasteiger partial charge in [-0.25, -0.2) is 0 Å². The third-order valence-corrected chi connectivity index (χ3v) is 6.71. The minimum absolute atomic E-state index is 0.0417. The number of aryl methyl sites for hydroxylation is 1. The first-order valence-electron chi connectivity index (χ1n) is 10.8. The zero-order chi connectivity index (χ0) is 21.2. The molecule has 4 heteroatoms. The molecule has 0 saturated heterocycles. The van der Waals surface area contributed by atoms with Gasteiger partial charge in [-0.1, -0.05) is 72.3 Å². The highest BCUT2D eigenvalue weighted by Gasteiger charge is 2.38. The fraction of sp³-hybridized carbons (Fsp3) is 0.222. The summed E-state index contributed by atoms with van der Waals surface area (Å²) in [6, 6.07) is 24.6. The Hall–Kier alpha value is -3.04. The van der Waals surface area contributed by atoms with Gasteiger partial charge in [-0.05, 0) is 59.7 Å². The van der Waals surface area contributed by atoms with Crippen LogP contribution in [0.3, 0.4) is 0 Å². The summed E-state index contributed by atoms with van der Waals surface area (Å²) in [5, 5.41) is 7.60. The standard InChI is InChI=1S/C27H25ClN2O/c28-24-12-5-4-9-22(24)27-21-11-6-10-20(21)23-17-19(14-15-25(23)30-27)29-26(31)16-13-18-7-2-1-3-8-18/h1-10,12,14-15,17,20-21,27,30H,11,13,16H2,(H,29,31). The second kappa shape index (κ2) is 8.60. The molecule has 2 N–H and O–H groups in total. The van der Waals surface area contributed by atoms with E-state index in [4.69, 9.17) is 11.6 Å². The van der Waals surface area contributed by atoms with Gasteiger partial charge in [-0.15, -0.1) is 0 Å². The average molecular weight is 429 g/mol. The summed E-state index contributed by atoms with van der Waals surface area (Å²) in [4.78, 5) is 12.5. The molecule has 156 valence electrons. The number of carbonyl (C=O) groups excluding carboxylic acids is 1. The van der Waals surface area contributed by atoms with Crippen molar-refractivity contribution in [2.75, 3.05) is 10.6 Å². The van der Waals surface area contributed by atoms with Gasteiger partial charge in [0.05, 0.1) is 6.04 Å². The van der Waals surface area contributed by atoms with Crippen molar-refractivity contribution in [3.63, 3.8) is 0 Å². The monoisotopic (exact) mass is 428 g/mol. The van der Waals surface area contributed by atoms with Gasteiger partial charge >= 0.3 is 0 Å². The molecule has 31 heavy (non-hydrogen) atoms. The third-order valence-electron chi connectivity index (χ3n) is 6.37. The fourth-order valence-electron chi connectivity index (χ4n) is 4.83. The van der Waals surface area contributed by atoms with Crippen molar-refractivity contribution in [2.24, 2.45) is 5.92 Å². The number of carbonyl (C=O) groups is 1. The maximum atomic E-state index is 12.5. The van der Waals surface area contributed by atoms with Crippen molar-refractivity contribution in [3.8, 4) is 0 Å². The molecule has 0 radical (unpaired) electrons. The summed E-state index contributed by atoms with van der Waals surface area (Å²) < 4.78 is 0. The summed E-state index contributed by atoms with van der Waals surface area (Å²) in [6.45, 7) is 0. The SMILES string of the molecule is O=C(CCc1ccccc1)Nc1ccc2c(c1)C1C=CCC1C(c1ccccc1Cl)N2. The zero-order valence-corrected chi connectivity index (χ0v) is 18.0. The van der Waals surface area contributed by atoms with Crippen LogP contribution in [0.5, 0.6) is 0 Å². The highest BCUT2D eigenvalue weighted by atomic mass is 35.5. The van der Waals surface area contributed by atoms with Crippen LogP contribution in [0.1, 0.15) is 41.5 Å². The van der Waals surface area contributed by atoms with Crippen LogP contribution < -0.4 is 10.6 Å². The van der Waals surface area contributed by atoms with E-state index >= 15 is 0 Å². The molecule has 1 amide bonds. The molecule has 3 nitrogen and oxygen atoms in total. The van der Waals surface area contributed by atoms with Gasteiger partial charge in [0, 0.05) is 28.7 Å². The Balaban J connectivity index is 1.34. The molecule has 3 atom stereocenters. The molecule has 0 fully saturated rings. The Bertz CT molecular complexity index is 1130. The maximum absolute atomic E-state index is 12.5. The third kappa shape index (κ3) is 4.11. The first-order valence-corrected chi connectivity index (χ1v) is 11.2. The number of nitrogens with one attached hydrogen (secondary N) is 2.